The van der Waals surface area contributed by atoms with Crippen LogP contribution in [0.5, 0.6) is 11.5 Å². The molecule has 1 spiro atoms. The Labute approximate surface area is 217 Å². The molecule has 2 heterocycles. The summed E-state index contributed by atoms with van der Waals surface area (Å²) in [5.74, 6) is 1.04. The van der Waals surface area contributed by atoms with E-state index < -0.39 is 5.60 Å². The summed E-state index contributed by atoms with van der Waals surface area (Å²) in [4.78, 5) is 15.6. The van der Waals surface area contributed by atoms with Gasteiger partial charge in [-0.2, -0.15) is 0 Å². The molecule has 0 aromatic heterocycles. The minimum absolute atomic E-state index is 0.0806. The predicted molar refractivity (Wildman–Crippen MR) is 145 cm³/mol. The van der Waals surface area contributed by atoms with Gasteiger partial charge in [-0.15, -0.1) is 0 Å². The van der Waals surface area contributed by atoms with Crippen LogP contribution in [0.4, 0.5) is 5.69 Å². The van der Waals surface area contributed by atoms with E-state index in [-0.39, 0.29) is 12.1 Å². The van der Waals surface area contributed by atoms with Crippen molar-refractivity contribution in [3.8, 4) is 11.5 Å². The molecule has 1 N–H and O–H groups in total. The van der Waals surface area contributed by atoms with Crippen LogP contribution < -0.4 is 10.1 Å². The van der Waals surface area contributed by atoms with Gasteiger partial charge in [0.15, 0.2) is 5.60 Å². The van der Waals surface area contributed by atoms with Gasteiger partial charge in [0, 0.05) is 16.8 Å². The highest BCUT2D eigenvalue weighted by Gasteiger charge is 2.54. The van der Waals surface area contributed by atoms with Crippen molar-refractivity contribution >= 4 is 11.7 Å². The number of anilines is 1. The molecule has 186 valence electrons. The molecule has 6 rings (SSSR count). The van der Waals surface area contributed by atoms with Crippen molar-refractivity contribution < 1.29 is 14.3 Å². The largest absolute Gasteiger partial charge is 0.456 e. The molecule has 2 atom stereocenters. The number of rotatable bonds is 6. The van der Waals surface area contributed by atoms with Gasteiger partial charge in [0.05, 0.1) is 11.1 Å². The molecule has 0 fully saturated rings. The fourth-order valence-electron chi connectivity index (χ4n) is 5.76. The highest BCUT2D eigenvalue weighted by Crippen LogP contribution is 2.58. The number of benzene rings is 4. The predicted octanol–water partition coefficient (Wildman–Crippen LogP) is 7.02. The second-order valence-electron chi connectivity index (χ2n) is 9.58. The second-order valence-corrected chi connectivity index (χ2v) is 9.58. The van der Waals surface area contributed by atoms with E-state index in [0.717, 1.165) is 35.5 Å². The van der Waals surface area contributed by atoms with Gasteiger partial charge in [-0.1, -0.05) is 86.1 Å². The Morgan fingerprint density at radius 2 is 1.54 bits per heavy atom. The summed E-state index contributed by atoms with van der Waals surface area (Å²) in [6, 6.07) is 30.1. The van der Waals surface area contributed by atoms with Crippen molar-refractivity contribution in [2.24, 2.45) is 0 Å². The van der Waals surface area contributed by atoms with Gasteiger partial charge in [0.1, 0.15) is 17.7 Å². The monoisotopic (exact) mass is 490 g/mol. The molecule has 0 aliphatic carbocycles. The van der Waals surface area contributed by atoms with Gasteiger partial charge in [-0.25, -0.2) is 4.79 Å². The van der Waals surface area contributed by atoms with Crippen LogP contribution in [0.3, 0.4) is 0 Å². The fraction of sp³-hybridized carbons (Fsp3) is 0.219. The SMILES string of the molecule is CCN(CC)C(Nc1cccc2c1C1(OC(=O)c3ccccc31)c1ccccc1O2)c1cccc(C)c1. The van der Waals surface area contributed by atoms with Crippen LogP contribution in [0, 0.1) is 6.92 Å². The van der Waals surface area contributed by atoms with E-state index in [1.807, 2.05) is 60.7 Å². The summed E-state index contributed by atoms with van der Waals surface area (Å²) in [6.07, 6.45) is -0.0806. The Morgan fingerprint density at radius 3 is 2.32 bits per heavy atom. The number of fused-ring (bicyclic) bond motifs is 6. The van der Waals surface area contributed by atoms with Crippen LogP contribution in [0.2, 0.25) is 0 Å². The zero-order valence-corrected chi connectivity index (χ0v) is 21.3. The number of carbonyl (C=O) groups is 1. The molecule has 4 aromatic rings. The van der Waals surface area contributed by atoms with E-state index >= 15 is 0 Å². The summed E-state index contributed by atoms with van der Waals surface area (Å²) in [5, 5.41) is 3.83. The minimum Gasteiger partial charge on any atom is -0.456 e. The summed E-state index contributed by atoms with van der Waals surface area (Å²) >= 11 is 0. The molecule has 0 radical (unpaired) electrons. The van der Waals surface area contributed by atoms with Crippen LogP contribution in [0.1, 0.15) is 58.2 Å². The Hall–Kier alpha value is -4.09. The summed E-state index contributed by atoms with van der Waals surface area (Å²) < 4.78 is 12.8. The number of nitrogens with zero attached hydrogens (tertiary/aromatic N) is 1. The third kappa shape index (κ3) is 3.61. The van der Waals surface area contributed by atoms with Crippen molar-refractivity contribution in [3.63, 3.8) is 0 Å². The van der Waals surface area contributed by atoms with Gasteiger partial charge < -0.3 is 14.8 Å². The lowest BCUT2D eigenvalue weighted by Crippen LogP contribution is -2.37. The second kappa shape index (κ2) is 9.09. The molecule has 37 heavy (non-hydrogen) atoms. The number of aryl methyl sites for hydroxylation is 1. The van der Waals surface area contributed by atoms with Crippen LogP contribution >= 0.6 is 0 Å². The van der Waals surface area contributed by atoms with Crippen molar-refractivity contribution in [1.82, 2.24) is 4.90 Å². The van der Waals surface area contributed by atoms with E-state index in [9.17, 15) is 4.79 Å². The normalized spacial score (nSPS) is 18.0. The summed E-state index contributed by atoms with van der Waals surface area (Å²) in [7, 11) is 0. The molecular weight excluding hydrogens is 460 g/mol. The average molecular weight is 491 g/mol. The standard InChI is InChI=1S/C32H30N2O3/c1-4-34(5-2)30(22-13-10-12-21(3)20-22)33-26-17-11-19-28-29(26)32(25-16-8-9-18-27(25)36-28)24-15-7-6-14-23(24)31(35)37-32/h6-20,30,33H,4-5H2,1-3H3. The van der Waals surface area contributed by atoms with Crippen molar-refractivity contribution in [2.75, 3.05) is 18.4 Å². The molecule has 0 saturated heterocycles. The van der Waals surface area contributed by atoms with Crippen LogP contribution in [-0.2, 0) is 10.3 Å². The van der Waals surface area contributed by atoms with Crippen molar-refractivity contribution in [2.45, 2.75) is 32.5 Å². The van der Waals surface area contributed by atoms with E-state index in [4.69, 9.17) is 9.47 Å². The maximum atomic E-state index is 13.3. The molecule has 5 heteroatoms. The summed E-state index contributed by atoms with van der Waals surface area (Å²) in [6.45, 7) is 8.20. The molecule has 0 saturated carbocycles. The molecule has 4 aromatic carbocycles. The Balaban J connectivity index is 1.58. The molecular formula is C32H30N2O3. The lowest BCUT2D eigenvalue weighted by atomic mass is 9.77. The zero-order valence-electron chi connectivity index (χ0n) is 21.3. The Bertz CT molecular complexity index is 1490. The lowest BCUT2D eigenvalue weighted by Gasteiger charge is -2.39. The van der Waals surface area contributed by atoms with Gasteiger partial charge in [0.2, 0.25) is 0 Å². The molecule has 0 bridgehead atoms. The number of hydrogen-bond acceptors (Lipinski definition) is 5. The molecule has 2 aliphatic rings. The van der Waals surface area contributed by atoms with Gasteiger partial charge in [-0.05, 0) is 49.8 Å². The number of ether oxygens (including phenoxy) is 2. The van der Waals surface area contributed by atoms with Gasteiger partial charge in [-0.3, -0.25) is 4.90 Å². The highest BCUT2D eigenvalue weighted by molar-refractivity contribution is 5.97. The fourth-order valence-corrected chi connectivity index (χ4v) is 5.76. The van der Waals surface area contributed by atoms with Crippen molar-refractivity contribution in [1.29, 1.82) is 0 Å². The smallest absolute Gasteiger partial charge is 0.340 e. The highest BCUT2D eigenvalue weighted by atomic mass is 16.6. The van der Waals surface area contributed by atoms with E-state index in [2.05, 4.69) is 61.3 Å². The first-order valence-corrected chi connectivity index (χ1v) is 12.9. The third-order valence-corrected chi connectivity index (χ3v) is 7.46. The number of para-hydroxylation sites is 1. The Morgan fingerprint density at radius 1 is 0.838 bits per heavy atom. The van der Waals surface area contributed by atoms with Crippen LogP contribution in [0.15, 0.2) is 91.0 Å². The first-order chi connectivity index (χ1) is 18.1. The molecule has 2 unspecified atom stereocenters. The van der Waals surface area contributed by atoms with Crippen LogP contribution in [0.25, 0.3) is 0 Å². The van der Waals surface area contributed by atoms with E-state index in [1.165, 1.54) is 11.1 Å². The Kier molecular flexibility index (Phi) is 5.73. The molecule has 5 nitrogen and oxygen atoms in total. The first-order valence-electron chi connectivity index (χ1n) is 12.9. The minimum atomic E-state index is -1.11. The zero-order chi connectivity index (χ0) is 25.6. The maximum absolute atomic E-state index is 13.3. The topological polar surface area (TPSA) is 50.8 Å². The lowest BCUT2D eigenvalue weighted by molar-refractivity contribution is 0.0226. The van der Waals surface area contributed by atoms with E-state index in [0.29, 0.717) is 17.1 Å². The molecule has 2 aliphatic heterocycles. The first kappa shape index (κ1) is 23.3. The average Bonchev–Trinajstić information content (AvgIpc) is 3.21. The number of hydrogen-bond donors (Lipinski definition) is 1. The molecule has 0 amide bonds. The van der Waals surface area contributed by atoms with Crippen molar-refractivity contribution in [3.05, 3.63) is 124 Å². The quantitative estimate of drug-likeness (QED) is 0.233. The van der Waals surface area contributed by atoms with Gasteiger partial charge >= 0.3 is 5.97 Å². The van der Waals surface area contributed by atoms with Crippen LogP contribution in [-0.4, -0.2) is 24.0 Å². The number of nitrogens with one attached hydrogen (secondary N) is 1. The van der Waals surface area contributed by atoms with Gasteiger partial charge in [0.25, 0.3) is 0 Å². The third-order valence-electron chi connectivity index (χ3n) is 7.46. The maximum Gasteiger partial charge on any atom is 0.340 e. The number of esters is 1. The summed E-state index contributed by atoms with van der Waals surface area (Å²) in [5.41, 5.74) is 5.20. The number of carbonyl (C=O) groups excluding carboxylic acids is 1. The van der Waals surface area contributed by atoms with E-state index in [1.54, 1.807) is 0 Å².